The summed E-state index contributed by atoms with van der Waals surface area (Å²) >= 11 is 4.52. The average molecular weight is 350 g/mol. The van der Waals surface area contributed by atoms with Crippen molar-refractivity contribution >= 4 is 46.5 Å². The van der Waals surface area contributed by atoms with Crippen LogP contribution in [0.5, 0.6) is 0 Å². The molecule has 2 aromatic rings. The van der Waals surface area contributed by atoms with Gasteiger partial charge in [0, 0.05) is 5.69 Å². The van der Waals surface area contributed by atoms with Gasteiger partial charge < -0.3 is 5.32 Å². The minimum Gasteiger partial charge on any atom is -0.325 e. The first-order valence-corrected chi connectivity index (χ1v) is 9.24. The number of anilines is 1. The van der Waals surface area contributed by atoms with E-state index in [1.54, 1.807) is 36.0 Å². The smallest absolute Gasteiger partial charge is 0.237 e. The topological polar surface area (TPSA) is 78.7 Å². The molecule has 114 valence electrons. The van der Waals surface area contributed by atoms with Crippen molar-refractivity contribution in [2.75, 3.05) is 11.1 Å². The number of carbonyl (C=O) groups is 1. The van der Waals surface area contributed by atoms with E-state index < -0.39 is 0 Å². The third kappa shape index (κ3) is 4.73. The molecule has 0 saturated heterocycles. The number of benzene rings is 1. The van der Waals surface area contributed by atoms with Crippen molar-refractivity contribution in [2.24, 2.45) is 0 Å². The number of nitrogens with one attached hydrogen (secondary N) is 1. The van der Waals surface area contributed by atoms with Crippen LogP contribution in [0.3, 0.4) is 0 Å². The van der Waals surface area contributed by atoms with Crippen LogP contribution in [-0.2, 0) is 4.79 Å². The molecule has 22 heavy (non-hydrogen) atoms. The number of hydrogen-bond donors (Lipinski definition) is 1. The first kappa shape index (κ1) is 16.8. The zero-order valence-corrected chi connectivity index (χ0v) is 14.5. The molecule has 8 heteroatoms. The molecule has 0 saturated carbocycles. The van der Waals surface area contributed by atoms with Crippen LogP contribution in [0.2, 0.25) is 0 Å². The van der Waals surface area contributed by atoms with E-state index in [1.165, 1.54) is 23.1 Å². The molecule has 1 amide bonds. The molecule has 1 aromatic carbocycles. The summed E-state index contributed by atoms with van der Waals surface area (Å²) in [5.41, 5.74) is 1.14. The lowest BCUT2D eigenvalue weighted by atomic mass is 10.2. The van der Waals surface area contributed by atoms with Gasteiger partial charge in [-0.3, -0.25) is 4.79 Å². The molecule has 0 bridgehead atoms. The van der Waals surface area contributed by atoms with Crippen molar-refractivity contribution in [1.82, 2.24) is 10.2 Å². The molecule has 0 aliphatic heterocycles. The minimum absolute atomic E-state index is 0.125. The Bertz CT molecular complexity index is 695. The molecule has 1 aromatic heterocycles. The number of aromatic nitrogens is 2. The van der Waals surface area contributed by atoms with Crippen molar-refractivity contribution in [3.8, 4) is 6.07 Å². The summed E-state index contributed by atoms with van der Waals surface area (Å²) < 4.78 is 1.70. The molecule has 2 rings (SSSR count). The molecule has 0 aliphatic carbocycles. The fourth-order valence-electron chi connectivity index (χ4n) is 1.54. The molecule has 0 aliphatic rings. The predicted octanol–water partition coefficient (Wildman–Crippen LogP) is 3.64. The maximum absolute atomic E-state index is 12.2. The predicted molar refractivity (Wildman–Crippen MR) is 91.4 cm³/mol. The highest BCUT2D eigenvalue weighted by Gasteiger charge is 2.17. The van der Waals surface area contributed by atoms with Crippen molar-refractivity contribution in [1.29, 1.82) is 5.26 Å². The molecule has 1 heterocycles. The van der Waals surface area contributed by atoms with Gasteiger partial charge in [0.05, 0.1) is 16.9 Å². The first-order valence-electron chi connectivity index (χ1n) is 6.56. The van der Waals surface area contributed by atoms with Gasteiger partial charge in [0.15, 0.2) is 8.68 Å². The number of nitriles is 1. The lowest BCUT2D eigenvalue weighted by molar-refractivity contribution is -0.115. The van der Waals surface area contributed by atoms with Crippen LogP contribution in [0.1, 0.15) is 19.4 Å². The highest BCUT2D eigenvalue weighted by molar-refractivity contribution is 8.03. The molecular formula is C14H14N4OS3. The lowest BCUT2D eigenvalue weighted by Gasteiger charge is -2.10. The van der Waals surface area contributed by atoms with Crippen LogP contribution in [-0.4, -0.2) is 27.1 Å². The van der Waals surface area contributed by atoms with Gasteiger partial charge in [-0.15, -0.1) is 10.2 Å². The Morgan fingerprint density at radius 2 is 2.23 bits per heavy atom. The zero-order chi connectivity index (χ0) is 15.9. The number of amides is 1. The Morgan fingerprint density at radius 3 is 2.95 bits per heavy atom. The van der Waals surface area contributed by atoms with E-state index >= 15 is 0 Å². The monoisotopic (exact) mass is 350 g/mol. The van der Waals surface area contributed by atoms with E-state index in [1.807, 2.05) is 13.0 Å². The number of rotatable bonds is 6. The molecule has 0 radical (unpaired) electrons. The molecule has 0 spiro atoms. The third-order valence-corrected chi connectivity index (χ3v) is 5.68. The fourth-order valence-corrected chi connectivity index (χ4v) is 4.60. The summed E-state index contributed by atoms with van der Waals surface area (Å²) in [6.45, 7) is 3.88. The molecule has 1 unspecified atom stereocenters. The summed E-state index contributed by atoms with van der Waals surface area (Å²) in [4.78, 5) is 12.2. The second kappa shape index (κ2) is 8.17. The van der Waals surface area contributed by atoms with E-state index in [4.69, 9.17) is 5.26 Å². The number of thioether (sulfide) groups is 2. The van der Waals surface area contributed by atoms with E-state index in [-0.39, 0.29) is 11.2 Å². The van der Waals surface area contributed by atoms with Crippen LogP contribution in [0.4, 0.5) is 5.69 Å². The van der Waals surface area contributed by atoms with Gasteiger partial charge in [-0.25, -0.2) is 0 Å². The zero-order valence-electron chi connectivity index (χ0n) is 12.1. The van der Waals surface area contributed by atoms with Crippen LogP contribution in [0, 0.1) is 11.3 Å². The quantitative estimate of drug-likeness (QED) is 0.801. The summed E-state index contributed by atoms with van der Waals surface area (Å²) in [5, 5.41) is 19.5. The minimum atomic E-state index is -0.293. The van der Waals surface area contributed by atoms with Gasteiger partial charge in [-0.1, -0.05) is 47.9 Å². The largest absolute Gasteiger partial charge is 0.325 e. The first-order chi connectivity index (χ1) is 10.6. The van der Waals surface area contributed by atoms with Crippen molar-refractivity contribution < 1.29 is 4.79 Å². The maximum Gasteiger partial charge on any atom is 0.237 e. The Hall–Kier alpha value is -1.56. The highest BCUT2D eigenvalue weighted by atomic mass is 32.2. The van der Waals surface area contributed by atoms with E-state index in [0.717, 1.165) is 14.4 Å². The molecular weight excluding hydrogens is 336 g/mol. The Balaban J connectivity index is 1.95. The standard InChI is InChI=1S/C14H14N4OS3/c1-3-20-13-17-18-14(22-13)21-9(2)12(19)16-11-6-4-5-10(7-11)8-15/h4-7,9H,3H2,1-2H3,(H,16,19). The summed E-state index contributed by atoms with van der Waals surface area (Å²) in [5.74, 6) is 0.824. The highest BCUT2D eigenvalue weighted by Crippen LogP contribution is 2.31. The van der Waals surface area contributed by atoms with Crippen LogP contribution < -0.4 is 5.32 Å². The summed E-state index contributed by atoms with van der Waals surface area (Å²) in [7, 11) is 0. The molecule has 0 fully saturated rings. The van der Waals surface area contributed by atoms with Crippen LogP contribution >= 0.6 is 34.9 Å². The van der Waals surface area contributed by atoms with E-state index in [0.29, 0.717) is 11.3 Å². The van der Waals surface area contributed by atoms with Crippen LogP contribution in [0.15, 0.2) is 32.9 Å². The van der Waals surface area contributed by atoms with Gasteiger partial charge >= 0.3 is 0 Å². The second-order valence-corrected chi connectivity index (χ2v) is 8.29. The third-order valence-electron chi connectivity index (χ3n) is 2.56. The molecule has 1 atom stereocenters. The normalized spacial score (nSPS) is 11.7. The van der Waals surface area contributed by atoms with Crippen molar-refractivity contribution in [3.63, 3.8) is 0 Å². The van der Waals surface area contributed by atoms with Crippen molar-refractivity contribution in [3.05, 3.63) is 29.8 Å². The number of nitrogens with zero attached hydrogens (tertiary/aromatic N) is 3. The Kier molecular flexibility index (Phi) is 6.24. The van der Waals surface area contributed by atoms with Gasteiger partial charge in [0.2, 0.25) is 5.91 Å². The molecule has 1 N–H and O–H groups in total. The van der Waals surface area contributed by atoms with Gasteiger partial charge in [0.1, 0.15) is 0 Å². The number of hydrogen-bond acceptors (Lipinski definition) is 7. The van der Waals surface area contributed by atoms with Gasteiger partial charge in [-0.2, -0.15) is 5.26 Å². The van der Waals surface area contributed by atoms with Crippen molar-refractivity contribution in [2.45, 2.75) is 27.8 Å². The Morgan fingerprint density at radius 1 is 1.45 bits per heavy atom. The second-order valence-electron chi connectivity index (χ2n) is 4.21. The summed E-state index contributed by atoms with van der Waals surface area (Å²) in [6.07, 6.45) is 0. The lowest BCUT2D eigenvalue weighted by Crippen LogP contribution is -2.22. The Labute approximate surface area is 141 Å². The van der Waals surface area contributed by atoms with Gasteiger partial charge in [-0.05, 0) is 30.9 Å². The average Bonchev–Trinajstić information content (AvgIpc) is 2.95. The maximum atomic E-state index is 12.2. The van der Waals surface area contributed by atoms with E-state index in [2.05, 4.69) is 22.4 Å². The fraction of sp³-hybridized carbons (Fsp3) is 0.286. The van der Waals surface area contributed by atoms with Crippen LogP contribution in [0.25, 0.3) is 0 Å². The van der Waals surface area contributed by atoms with E-state index in [9.17, 15) is 4.79 Å². The van der Waals surface area contributed by atoms with Gasteiger partial charge in [0.25, 0.3) is 0 Å². The number of carbonyl (C=O) groups excluding carboxylic acids is 1. The SMILES string of the molecule is CCSc1nnc(SC(C)C(=O)Nc2cccc(C#N)c2)s1. The summed E-state index contributed by atoms with van der Waals surface area (Å²) in [6, 6.07) is 8.90. The molecule has 5 nitrogen and oxygen atoms in total.